The van der Waals surface area contributed by atoms with E-state index in [0.717, 1.165) is 25.4 Å². The number of ether oxygens (including phenoxy) is 1. The van der Waals surface area contributed by atoms with E-state index in [9.17, 15) is 0 Å². The lowest BCUT2D eigenvalue weighted by Crippen LogP contribution is -2.35. The zero-order valence-electron chi connectivity index (χ0n) is 11.8. The van der Waals surface area contributed by atoms with Gasteiger partial charge < -0.3 is 10.5 Å². The molecule has 0 saturated heterocycles. The van der Waals surface area contributed by atoms with Crippen LogP contribution in [0.15, 0.2) is 0 Å². The van der Waals surface area contributed by atoms with E-state index in [-0.39, 0.29) is 11.5 Å². The molecule has 1 saturated carbocycles. The van der Waals surface area contributed by atoms with E-state index < -0.39 is 0 Å². The van der Waals surface area contributed by atoms with Crippen LogP contribution >= 0.6 is 0 Å². The van der Waals surface area contributed by atoms with Crippen molar-refractivity contribution in [1.29, 1.82) is 0 Å². The highest BCUT2D eigenvalue weighted by Gasteiger charge is 2.30. The van der Waals surface area contributed by atoms with Gasteiger partial charge in [0.1, 0.15) is 0 Å². The van der Waals surface area contributed by atoms with Gasteiger partial charge in [0.15, 0.2) is 0 Å². The van der Waals surface area contributed by atoms with Crippen LogP contribution in [0.4, 0.5) is 0 Å². The third kappa shape index (κ3) is 6.10. The second-order valence-corrected chi connectivity index (χ2v) is 6.17. The van der Waals surface area contributed by atoms with E-state index >= 15 is 0 Å². The van der Waals surface area contributed by atoms with Crippen molar-refractivity contribution in [3.8, 4) is 11.8 Å². The first-order chi connectivity index (χ1) is 7.90. The van der Waals surface area contributed by atoms with Crippen molar-refractivity contribution in [3.05, 3.63) is 0 Å². The fourth-order valence-electron chi connectivity index (χ4n) is 2.20. The van der Waals surface area contributed by atoms with E-state index in [0.29, 0.717) is 6.10 Å². The molecule has 0 aromatic heterocycles. The molecule has 0 aliphatic heterocycles. The summed E-state index contributed by atoms with van der Waals surface area (Å²) in [6.45, 7) is 9.28. The Labute approximate surface area is 106 Å². The summed E-state index contributed by atoms with van der Waals surface area (Å²) in [5.41, 5.74) is 6.18. The molecule has 0 radical (unpaired) electrons. The molecule has 1 atom stereocenters. The lowest BCUT2D eigenvalue weighted by atomic mass is 9.78. The van der Waals surface area contributed by atoms with Gasteiger partial charge >= 0.3 is 0 Å². The highest BCUT2D eigenvalue weighted by Crippen LogP contribution is 2.33. The molecule has 1 aliphatic carbocycles. The highest BCUT2D eigenvalue weighted by molar-refractivity contribution is 5.08. The molecule has 1 fully saturated rings. The van der Waals surface area contributed by atoms with Crippen LogP contribution in [0.3, 0.4) is 0 Å². The predicted molar refractivity (Wildman–Crippen MR) is 72.6 cm³/mol. The Kier molecular flexibility index (Phi) is 5.49. The second kappa shape index (κ2) is 6.42. The molecule has 2 N–H and O–H groups in total. The molecule has 2 nitrogen and oxygen atoms in total. The van der Waals surface area contributed by atoms with E-state index in [1.54, 1.807) is 0 Å². The van der Waals surface area contributed by atoms with Gasteiger partial charge in [0.05, 0.1) is 6.10 Å². The molecule has 1 aliphatic rings. The van der Waals surface area contributed by atoms with Crippen LogP contribution < -0.4 is 5.73 Å². The van der Waals surface area contributed by atoms with Gasteiger partial charge in [-0.2, -0.15) is 0 Å². The summed E-state index contributed by atoms with van der Waals surface area (Å²) in [5.74, 6) is 7.21. The molecule has 0 aromatic carbocycles. The maximum atomic E-state index is 6.09. The fraction of sp³-hybridized carbons (Fsp3) is 0.867. The van der Waals surface area contributed by atoms with Crippen molar-refractivity contribution in [2.75, 3.05) is 6.61 Å². The van der Waals surface area contributed by atoms with Crippen molar-refractivity contribution in [2.24, 2.45) is 17.1 Å². The number of nitrogens with two attached hydrogens (primary N) is 1. The minimum atomic E-state index is 0.0935. The van der Waals surface area contributed by atoms with Crippen LogP contribution in [0, 0.1) is 23.2 Å². The first-order valence-corrected chi connectivity index (χ1v) is 6.78. The summed E-state index contributed by atoms with van der Waals surface area (Å²) in [6.07, 6.45) is 4.80. The third-order valence-electron chi connectivity index (χ3n) is 3.06. The maximum Gasteiger partial charge on any atom is 0.0580 e. The number of rotatable bonds is 5. The molecule has 2 heteroatoms. The average molecular weight is 237 g/mol. The van der Waals surface area contributed by atoms with Crippen LogP contribution in [0.5, 0.6) is 0 Å². The molecular weight excluding hydrogens is 210 g/mol. The van der Waals surface area contributed by atoms with Crippen LogP contribution in [0.2, 0.25) is 0 Å². The van der Waals surface area contributed by atoms with Gasteiger partial charge in [0.2, 0.25) is 0 Å². The van der Waals surface area contributed by atoms with Gasteiger partial charge in [0, 0.05) is 24.5 Å². The smallest absolute Gasteiger partial charge is 0.0580 e. The Morgan fingerprint density at radius 1 is 1.35 bits per heavy atom. The Bertz CT molecular complexity index is 276. The van der Waals surface area contributed by atoms with Gasteiger partial charge in [-0.15, -0.1) is 5.92 Å². The summed E-state index contributed by atoms with van der Waals surface area (Å²) >= 11 is 0. The Balaban J connectivity index is 2.14. The first kappa shape index (κ1) is 14.5. The first-order valence-electron chi connectivity index (χ1n) is 6.78. The molecule has 1 unspecified atom stereocenters. The molecule has 0 bridgehead atoms. The quantitative estimate of drug-likeness (QED) is 0.746. The normalized spacial score (nSPS) is 25.7. The van der Waals surface area contributed by atoms with Gasteiger partial charge in [-0.1, -0.05) is 5.92 Å². The SMILES string of the molecule is CCOC1CC(CC(N)CC#CC(C)(C)C)C1. The summed E-state index contributed by atoms with van der Waals surface area (Å²) in [4.78, 5) is 0. The Morgan fingerprint density at radius 2 is 2.00 bits per heavy atom. The van der Waals surface area contributed by atoms with Crippen molar-refractivity contribution in [3.63, 3.8) is 0 Å². The molecule has 17 heavy (non-hydrogen) atoms. The fourth-order valence-corrected chi connectivity index (χ4v) is 2.20. The number of hydrogen-bond donors (Lipinski definition) is 1. The van der Waals surface area contributed by atoms with E-state index in [1.807, 2.05) is 0 Å². The van der Waals surface area contributed by atoms with Crippen LogP contribution in [-0.4, -0.2) is 18.8 Å². The molecular formula is C15H27NO. The summed E-state index contributed by atoms with van der Waals surface area (Å²) in [6, 6.07) is 0.234. The van der Waals surface area contributed by atoms with Gasteiger partial charge in [-0.05, 0) is 52.9 Å². The van der Waals surface area contributed by atoms with Crippen LogP contribution in [0.1, 0.15) is 53.4 Å². The summed E-state index contributed by atoms with van der Waals surface area (Å²) in [5, 5.41) is 0. The third-order valence-corrected chi connectivity index (χ3v) is 3.06. The van der Waals surface area contributed by atoms with E-state index in [2.05, 4.69) is 39.5 Å². The van der Waals surface area contributed by atoms with Gasteiger partial charge in [-0.3, -0.25) is 0 Å². The molecule has 98 valence electrons. The van der Waals surface area contributed by atoms with Gasteiger partial charge in [0.25, 0.3) is 0 Å². The van der Waals surface area contributed by atoms with Crippen LogP contribution in [-0.2, 0) is 4.74 Å². The topological polar surface area (TPSA) is 35.2 Å². The van der Waals surface area contributed by atoms with Crippen molar-refractivity contribution in [1.82, 2.24) is 0 Å². The molecule has 1 rings (SSSR count). The minimum absolute atomic E-state index is 0.0935. The molecule has 0 heterocycles. The van der Waals surface area contributed by atoms with Crippen LogP contribution in [0.25, 0.3) is 0 Å². The maximum absolute atomic E-state index is 6.09. The molecule has 0 spiro atoms. The lowest BCUT2D eigenvalue weighted by molar-refractivity contribution is -0.0279. The second-order valence-electron chi connectivity index (χ2n) is 6.17. The van der Waals surface area contributed by atoms with Crippen molar-refractivity contribution in [2.45, 2.75) is 65.5 Å². The minimum Gasteiger partial charge on any atom is -0.378 e. The highest BCUT2D eigenvalue weighted by atomic mass is 16.5. The monoisotopic (exact) mass is 237 g/mol. The largest absolute Gasteiger partial charge is 0.378 e. The Morgan fingerprint density at radius 3 is 2.53 bits per heavy atom. The molecule has 0 amide bonds. The zero-order chi connectivity index (χ0) is 12.9. The molecule has 0 aromatic rings. The Hall–Kier alpha value is -0.520. The summed E-state index contributed by atoms with van der Waals surface area (Å²) in [7, 11) is 0. The lowest BCUT2D eigenvalue weighted by Gasteiger charge is -2.36. The number of hydrogen-bond acceptors (Lipinski definition) is 2. The van der Waals surface area contributed by atoms with E-state index in [4.69, 9.17) is 10.5 Å². The predicted octanol–water partition coefficient (Wildman–Crippen LogP) is 2.96. The standard InChI is InChI=1S/C15H27NO/c1-5-17-14-10-12(11-14)9-13(16)7-6-8-15(2,3)4/h12-14H,5,7,9-11,16H2,1-4H3. The van der Waals surface area contributed by atoms with E-state index in [1.165, 1.54) is 12.8 Å². The van der Waals surface area contributed by atoms with Crippen molar-refractivity contribution < 1.29 is 4.74 Å². The van der Waals surface area contributed by atoms with Gasteiger partial charge in [-0.25, -0.2) is 0 Å². The summed E-state index contributed by atoms with van der Waals surface area (Å²) < 4.78 is 5.55. The average Bonchev–Trinajstić information content (AvgIpc) is 2.12. The zero-order valence-corrected chi connectivity index (χ0v) is 11.8. The van der Waals surface area contributed by atoms with Crippen molar-refractivity contribution >= 4 is 0 Å².